The van der Waals surface area contributed by atoms with Crippen molar-refractivity contribution in [1.29, 1.82) is 0 Å². The van der Waals surface area contributed by atoms with Gasteiger partial charge in [0.05, 0.1) is 0 Å². The van der Waals surface area contributed by atoms with E-state index in [0.717, 1.165) is 39.0 Å². The van der Waals surface area contributed by atoms with Crippen LogP contribution in [0.1, 0.15) is 18.9 Å². The fourth-order valence-corrected chi connectivity index (χ4v) is 2.63. The van der Waals surface area contributed by atoms with E-state index in [1.807, 2.05) is 0 Å². The smallest absolute Gasteiger partial charge is 0.0367 e. The van der Waals surface area contributed by atoms with Crippen molar-refractivity contribution in [1.82, 2.24) is 4.90 Å². The molecule has 0 amide bonds. The van der Waals surface area contributed by atoms with Gasteiger partial charge in [-0.25, -0.2) is 0 Å². The Kier molecular flexibility index (Phi) is 4.61. The average Bonchev–Trinajstić information content (AvgIpc) is 2.42. The topological polar surface area (TPSA) is 32.5 Å². The molecule has 2 N–H and O–H groups in total. The number of hydrogen-bond acceptors (Lipinski definition) is 3. The van der Waals surface area contributed by atoms with Gasteiger partial charge in [0, 0.05) is 31.4 Å². The average molecular weight is 247 g/mol. The zero-order valence-corrected chi connectivity index (χ0v) is 11.6. The van der Waals surface area contributed by atoms with E-state index < -0.39 is 0 Å². The van der Waals surface area contributed by atoms with Crippen molar-refractivity contribution in [2.24, 2.45) is 5.73 Å². The van der Waals surface area contributed by atoms with Crippen LogP contribution in [-0.2, 0) is 6.42 Å². The van der Waals surface area contributed by atoms with E-state index >= 15 is 0 Å². The summed E-state index contributed by atoms with van der Waals surface area (Å²) in [6.07, 6.45) is 2.19. The van der Waals surface area contributed by atoms with Gasteiger partial charge in [-0.2, -0.15) is 0 Å². The summed E-state index contributed by atoms with van der Waals surface area (Å²) in [6.45, 7) is 6.31. The molecule has 1 heterocycles. The lowest BCUT2D eigenvalue weighted by atomic mass is 10.1. The number of piperazine rings is 1. The summed E-state index contributed by atoms with van der Waals surface area (Å²) in [7, 11) is 2.21. The van der Waals surface area contributed by atoms with E-state index in [0.29, 0.717) is 6.04 Å². The molecule has 1 aromatic rings. The highest BCUT2D eigenvalue weighted by Gasteiger charge is 2.23. The predicted octanol–water partition coefficient (Wildman–Crippen LogP) is 1.72. The highest BCUT2D eigenvalue weighted by Crippen LogP contribution is 2.20. The molecule has 100 valence electrons. The molecule has 3 heteroatoms. The standard InChI is InChI=1S/C15H25N3/c1-3-13-4-6-14(7-5-13)18-11-10-17(2)15(12-18)8-9-16/h4-7,15H,3,8-12,16H2,1-2H3. The number of hydrogen-bond donors (Lipinski definition) is 1. The molecule has 0 spiro atoms. The van der Waals surface area contributed by atoms with Crippen LogP contribution in [-0.4, -0.2) is 44.2 Å². The molecule has 0 bridgehead atoms. The lowest BCUT2D eigenvalue weighted by molar-refractivity contribution is 0.210. The number of likely N-dealkylation sites (N-methyl/N-ethyl adjacent to an activating group) is 1. The minimum Gasteiger partial charge on any atom is -0.369 e. The third-order valence-corrected chi connectivity index (χ3v) is 3.99. The second-order valence-corrected chi connectivity index (χ2v) is 5.18. The molecule has 1 aliphatic heterocycles. The lowest BCUT2D eigenvalue weighted by Crippen LogP contribution is -2.52. The maximum atomic E-state index is 5.70. The summed E-state index contributed by atoms with van der Waals surface area (Å²) in [5, 5.41) is 0. The van der Waals surface area contributed by atoms with Gasteiger partial charge >= 0.3 is 0 Å². The van der Waals surface area contributed by atoms with E-state index in [4.69, 9.17) is 5.73 Å². The second-order valence-electron chi connectivity index (χ2n) is 5.18. The molecule has 1 fully saturated rings. The first-order chi connectivity index (χ1) is 8.74. The van der Waals surface area contributed by atoms with Crippen LogP contribution in [0.2, 0.25) is 0 Å². The van der Waals surface area contributed by atoms with Crippen LogP contribution < -0.4 is 10.6 Å². The molecule has 1 saturated heterocycles. The van der Waals surface area contributed by atoms with E-state index in [1.165, 1.54) is 11.3 Å². The molecule has 18 heavy (non-hydrogen) atoms. The minimum atomic E-state index is 0.592. The lowest BCUT2D eigenvalue weighted by Gasteiger charge is -2.40. The van der Waals surface area contributed by atoms with Crippen molar-refractivity contribution in [2.45, 2.75) is 25.8 Å². The van der Waals surface area contributed by atoms with Crippen molar-refractivity contribution in [3.05, 3.63) is 29.8 Å². The molecular weight excluding hydrogens is 222 g/mol. The first kappa shape index (κ1) is 13.4. The Bertz CT molecular complexity index is 361. The first-order valence-electron chi connectivity index (χ1n) is 6.98. The van der Waals surface area contributed by atoms with Crippen molar-refractivity contribution in [3.8, 4) is 0 Å². The quantitative estimate of drug-likeness (QED) is 0.879. The highest BCUT2D eigenvalue weighted by atomic mass is 15.3. The zero-order valence-electron chi connectivity index (χ0n) is 11.6. The van der Waals surface area contributed by atoms with E-state index in [1.54, 1.807) is 0 Å². The van der Waals surface area contributed by atoms with Crippen molar-refractivity contribution in [3.63, 3.8) is 0 Å². The molecule has 0 aliphatic carbocycles. The van der Waals surface area contributed by atoms with Gasteiger partial charge in [0.15, 0.2) is 0 Å². The number of benzene rings is 1. The first-order valence-corrected chi connectivity index (χ1v) is 6.98. The molecule has 1 aliphatic rings. The summed E-state index contributed by atoms with van der Waals surface area (Å²) in [5.41, 5.74) is 8.46. The normalized spacial score (nSPS) is 21.3. The Morgan fingerprint density at radius 1 is 1.22 bits per heavy atom. The van der Waals surface area contributed by atoms with Crippen LogP contribution >= 0.6 is 0 Å². The van der Waals surface area contributed by atoms with Gasteiger partial charge in [-0.15, -0.1) is 0 Å². The molecule has 2 rings (SSSR count). The van der Waals surface area contributed by atoms with Crippen LogP contribution in [0.25, 0.3) is 0 Å². The maximum Gasteiger partial charge on any atom is 0.0367 e. The number of nitrogens with two attached hydrogens (primary N) is 1. The maximum absolute atomic E-state index is 5.70. The summed E-state index contributed by atoms with van der Waals surface area (Å²) in [6, 6.07) is 9.58. The second kappa shape index (κ2) is 6.21. The zero-order chi connectivity index (χ0) is 13.0. The van der Waals surface area contributed by atoms with E-state index in [-0.39, 0.29) is 0 Å². The molecule has 1 atom stereocenters. The molecule has 3 nitrogen and oxygen atoms in total. The van der Waals surface area contributed by atoms with Gasteiger partial charge < -0.3 is 10.6 Å². The van der Waals surface area contributed by atoms with Crippen LogP contribution in [0, 0.1) is 0 Å². The Balaban J connectivity index is 2.03. The van der Waals surface area contributed by atoms with E-state index in [2.05, 4.69) is 48.0 Å². The Labute approximate surface area is 111 Å². The number of anilines is 1. The third-order valence-electron chi connectivity index (χ3n) is 3.99. The van der Waals surface area contributed by atoms with Gasteiger partial charge in [-0.1, -0.05) is 19.1 Å². The van der Waals surface area contributed by atoms with Crippen LogP contribution in [0.3, 0.4) is 0 Å². The number of rotatable bonds is 4. The Morgan fingerprint density at radius 3 is 2.56 bits per heavy atom. The molecule has 1 unspecified atom stereocenters. The van der Waals surface area contributed by atoms with Gasteiger partial charge in [-0.3, -0.25) is 4.90 Å². The van der Waals surface area contributed by atoms with Crippen LogP contribution in [0.15, 0.2) is 24.3 Å². The van der Waals surface area contributed by atoms with Crippen LogP contribution in [0.4, 0.5) is 5.69 Å². The molecular formula is C15H25N3. The van der Waals surface area contributed by atoms with Crippen molar-refractivity contribution < 1.29 is 0 Å². The summed E-state index contributed by atoms with van der Waals surface area (Å²) in [4.78, 5) is 4.92. The van der Waals surface area contributed by atoms with Gasteiger partial charge in [0.2, 0.25) is 0 Å². The van der Waals surface area contributed by atoms with Crippen molar-refractivity contribution >= 4 is 5.69 Å². The van der Waals surface area contributed by atoms with Crippen molar-refractivity contribution in [2.75, 3.05) is 38.1 Å². The largest absolute Gasteiger partial charge is 0.369 e. The summed E-state index contributed by atoms with van der Waals surface area (Å²) >= 11 is 0. The van der Waals surface area contributed by atoms with Gasteiger partial charge in [-0.05, 0) is 44.1 Å². The minimum absolute atomic E-state index is 0.592. The Morgan fingerprint density at radius 2 is 1.94 bits per heavy atom. The molecule has 0 saturated carbocycles. The Hall–Kier alpha value is -1.06. The van der Waals surface area contributed by atoms with Gasteiger partial charge in [0.25, 0.3) is 0 Å². The highest BCUT2D eigenvalue weighted by molar-refractivity contribution is 5.48. The SMILES string of the molecule is CCc1ccc(N2CCN(C)C(CCN)C2)cc1. The fraction of sp³-hybridized carbons (Fsp3) is 0.600. The monoisotopic (exact) mass is 247 g/mol. The molecule has 1 aromatic carbocycles. The third kappa shape index (κ3) is 3.03. The predicted molar refractivity (Wildman–Crippen MR) is 78.1 cm³/mol. The van der Waals surface area contributed by atoms with Gasteiger partial charge in [0.1, 0.15) is 0 Å². The molecule has 0 radical (unpaired) electrons. The summed E-state index contributed by atoms with van der Waals surface area (Å²) in [5.74, 6) is 0. The number of aryl methyl sites for hydroxylation is 1. The number of nitrogens with zero attached hydrogens (tertiary/aromatic N) is 2. The summed E-state index contributed by atoms with van der Waals surface area (Å²) < 4.78 is 0. The fourth-order valence-electron chi connectivity index (χ4n) is 2.63. The molecule has 0 aromatic heterocycles. The van der Waals surface area contributed by atoms with E-state index in [9.17, 15) is 0 Å². The van der Waals surface area contributed by atoms with Crippen LogP contribution in [0.5, 0.6) is 0 Å².